The summed E-state index contributed by atoms with van der Waals surface area (Å²) in [6.45, 7) is 27.9. The molecule has 0 bridgehead atoms. The summed E-state index contributed by atoms with van der Waals surface area (Å²) in [5.74, 6) is 2.78. The largest absolute Gasteiger partial charge is 0.408 e. The summed E-state index contributed by atoms with van der Waals surface area (Å²) in [7, 11) is -1.60. The van der Waals surface area contributed by atoms with Crippen LogP contribution in [0.5, 0.6) is 0 Å². The maximum Gasteiger partial charge on any atom is 0.310 e. The summed E-state index contributed by atoms with van der Waals surface area (Å²) >= 11 is 0. The Hall–Kier alpha value is -5.00. The smallest absolute Gasteiger partial charge is 0.310 e. The van der Waals surface area contributed by atoms with Crippen LogP contribution in [0.1, 0.15) is 68.2 Å². The molecule has 6 rings (SSSR count). The Morgan fingerprint density at radius 2 is 1.40 bits per heavy atom. The third kappa shape index (κ3) is 11.0. The van der Waals surface area contributed by atoms with E-state index >= 15 is 0 Å². The molecule has 0 amide bonds. The van der Waals surface area contributed by atoms with Crippen molar-refractivity contribution in [3.05, 3.63) is 158 Å². The lowest BCUT2D eigenvalue weighted by Gasteiger charge is -2.32. The number of hydrogen-bond donors (Lipinski definition) is 0. The molecular weight excluding hydrogens is 666 g/mol. The third-order valence-corrected chi connectivity index (χ3v) is 10.7. The van der Waals surface area contributed by atoms with Crippen molar-refractivity contribution in [1.82, 2.24) is 0 Å². The second-order valence-electron chi connectivity index (χ2n) is 12.8. The molecule has 5 aromatic rings. The topological polar surface area (TPSA) is 29.5 Å². The van der Waals surface area contributed by atoms with Crippen LogP contribution >= 0.6 is 8.16 Å². The van der Waals surface area contributed by atoms with Crippen LogP contribution in [0.25, 0.3) is 43.5 Å². The van der Waals surface area contributed by atoms with Gasteiger partial charge in [0.05, 0.1) is 5.92 Å². The van der Waals surface area contributed by atoms with Crippen molar-refractivity contribution in [3.8, 4) is 12.3 Å². The highest BCUT2D eigenvalue weighted by Crippen LogP contribution is 2.44. The molecule has 0 spiro atoms. The number of nitrogens with zero attached hydrogens (tertiary/aromatic N) is 1. The lowest BCUT2D eigenvalue weighted by atomic mass is 9.99. The standard InChI is InChI=1S/C39H36NO2P.C5H10.C3H6.C2H6/c1-6-30-15-9-7-8-10-16-31(22-21-30)29(5)40(28(4)27(2)3)43-41-36-25-23-32-17-11-13-19-34(32)38(36)39-35-20-14-12-18-33(35)24-26-37(39)42-43;1-4-5(2)3;1-3-2;1-2/h1,7-9,11-26,28-30H,2,10H2,3-5H3;2,4H2,1,3H3;3H,1H2,2H3;1-2H3/b8-7-,15-9-,22-21-,31-16+;;;. The van der Waals surface area contributed by atoms with Gasteiger partial charge in [0.25, 0.3) is 0 Å². The lowest BCUT2D eigenvalue weighted by Crippen LogP contribution is -2.39. The average molecular weight is 724 g/mol. The first-order valence-electron chi connectivity index (χ1n) is 18.7. The molecule has 3 unspecified atom stereocenters. The van der Waals surface area contributed by atoms with Gasteiger partial charge in [0.2, 0.25) is 0 Å². The van der Waals surface area contributed by atoms with Gasteiger partial charge in [0.15, 0.2) is 0 Å². The van der Waals surface area contributed by atoms with Crippen LogP contribution in [0.15, 0.2) is 166 Å². The van der Waals surface area contributed by atoms with E-state index in [4.69, 9.17) is 14.8 Å². The number of benzene rings is 4. The highest BCUT2D eigenvalue weighted by molar-refractivity contribution is 7.39. The van der Waals surface area contributed by atoms with E-state index in [0.29, 0.717) is 0 Å². The third-order valence-electron chi connectivity index (χ3n) is 8.91. The molecule has 4 aromatic carbocycles. The first-order chi connectivity index (χ1) is 25.6. The van der Waals surface area contributed by atoms with Crippen molar-refractivity contribution < 1.29 is 8.39 Å². The fourth-order valence-electron chi connectivity index (χ4n) is 5.76. The molecule has 0 fully saturated rings. The summed E-state index contributed by atoms with van der Waals surface area (Å²) in [5, 5.41) is 6.75. The van der Waals surface area contributed by atoms with Crippen molar-refractivity contribution in [2.75, 3.05) is 4.67 Å². The molecular formula is C49H58NO2P. The molecule has 1 aliphatic rings. The molecule has 4 heteroatoms. The van der Waals surface area contributed by atoms with Gasteiger partial charge in [-0.1, -0.05) is 154 Å². The first kappa shape index (κ1) is 42.4. The number of terminal acetylenes is 1. The molecule has 0 radical (unpaired) electrons. The van der Waals surface area contributed by atoms with Crippen LogP contribution in [0, 0.1) is 18.3 Å². The molecule has 3 atom stereocenters. The Kier molecular flexibility index (Phi) is 17.2. The normalized spacial score (nSPS) is 17.5. The molecule has 53 heavy (non-hydrogen) atoms. The maximum atomic E-state index is 7.00. The summed E-state index contributed by atoms with van der Waals surface area (Å²) in [4.78, 5) is 0. The SMILES string of the molecule is C#CC1/C=C\C=C/C/C=C(C(C)N(C(C)C(=C)C)p2oc3ccc4ccccc4c3c3c(ccc4ccccc43)o2)\C=C/1.C=C(C)CC.C=CC.CC. The van der Waals surface area contributed by atoms with Crippen LogP contribution < -0.4 is 4.67 Å². The van der Waals surface area contributed by atoms with Gasteiger partial charge in [0.1, 0.15) is 11.2 Å². The number of allylic oxidation sites excluding steroid dienone is 8. The lowest BCUT2D eigenvalue weighted by molar-refractivity contribution is 0.586. The predicted octanol–water partition coefficient (Wildman–Crippen LogP) is 15.3. The molecule has 276 valence electrons. The van der Waals surface area contributed by atoms with Gasteiger partial charge in [-0.15, -0.1) is 19.6 Å². The summed E-state index contributed by atoms with van der Waals surface area (Å²) < 4.78 is 16.3. The van der Waals surface area contributed by atoms with Crippen LogP contribution in [0.3, 0.4) is 0 Å². The summed E-state index contributed by atoms with van der Waals surface area (Å²) in [6, 6.07) is 25.4. The number of rotatable bonds is 6. The molecule has 0 saturated carbocycles. The Morgan fingerprint density at radius 3 is 1.87 bits per heavy atom. The molecule has 1 aromatic heterocycles. The minimum atomic E-state index is -1.60. The van der Waals surface area contributed by atoms with Crippen molar-refractivity contribution in [2.24, 2.45) is 5.92 Å². The monoisotopic (exact) mass is 723 g/mol. The molecule has 3 nitrogen and oxygen atoms in total. The Labute approximate surface area is 320 Å². The zero-order valence-corrected chi connectivity index (χ0v) is 34.0. The second-order valence-corrected chi connectivity index (χ2v) is 14.1. The van der Waals surface area contributed by atoms with Crippen molar-refractivity contribution in [2.45, 2.75) is 80.3 Å². The minimum absolute atomic E-state index is 0.0180. The fraction of sp³-hybridized carbons (Fsp3) is 0.265. The van der Waals surface area contributed by atoms with Gasteiger partial charge in [-0.2, -0.15) is 4.67 Å². The van der Waals surface area contributed by atoms with Crippen LogP contribution in [0.2, 0.25) is 0 Å². The fourth-order valence-corrected chi connectivity index (χ4v) is 7.52. The van der Waals surface area contributed by atoms with E-state index in [9.17, 15) is 0 Å². The van der Waals surface area contributed by atoms with Gasteiger partial charge in [0, 0.05) is 22.9 Å². The van der Waals surface area contributed by atoms with Crippen LogP contribution in [0.4, 0.5) is 0 Å². The number of fused-ring (bicyclic) bond motifs is 7. The molecule has 1 aliphatic carbocycles. The molecule has 0 aliphatic heterocycles. The van der Waals surface area contributed by atoms with E-state index in [2.05, 4.69) is 161 Å². The highest BCUT2D eigenvalue weighted by Gasteiger charge is 2.29. The average Bonchev–Trinajstić information content (AvgIpc) is 3.35. The summed E-state index contributed by atoms with van der Waals surface area (Å²) in [5.41, 5.74) is 5.09. The number of hydrogen-bond acceptors (Lipinski definition) is 3. The maximum absolute atomic E-state index is 7.00. The van der Waals surface area contributed by atoms with Gasteiger partial charge >= 0.3 is 8.16 Å². The van der Waals surface area contributed by atoms with E-state index in [1.807, 2.05) is 39.8 Å². The van der Waals surface area contributed by atoms with Gasteiger partial charge in [-0.3, -0.25) is 0 Å². The van der Waals surface area contributed by atoms with Crippen LogP contribution in [-0.2, 0) is 0 Å². The molecule has 0 saturated heterocycles. The van der Waals surface area contributed by atoms with E-state index < -0.39 is 8.16 Å². The zero-order valence-electron chi connectivity index (χ0n) is 33.1. The van der Waals surface area contributed by atoms with Gasteiger partial charge in [-0.25, -0.2) is 0 Å². The van der Waals surface area contributed by atoms with E-state index in [1.165, 1.54) is 5.57 Å². The zero-order chi connectivity index (χ0) is 38.9. The van der Waals surface area contributed by atoms with Crippen molar-refractivity contribution in [1.29, 1.82) is 0 Å². The van der Waals surface area contributed by atoms with Crippen molar-refractivity contribution in [3.63, 3.8) is 0 Å². The highest BCUT2D eigenvalue weighted by atomic mass is 31.1. The predicted molar refractivity (Wildman–Crippen MR) is 238 cm³/mol. The van der Waals surface area contributed by atoms with Crippen molar-refractivity contribution >= 4 is 51.6 Å². The van der Waals surface area contributed by atoms with Gasteiger partial charge < -0.3 is 8.39 Å². The van der Waals surface area contributed by atoms with E-state index in [0.717, 1.165) is 67.5 Å². The second kappa shape index (κ2) is 21.5. The molecule has 1 heterocycles. The quantitative estimate of drug-likeness (QED) is 0.129. The first-order valence-corrected chi connectivity index (χ1v) is 19.8. The van der Waals surface area contributed by atoms with E-state index in [1.54, 1.807) is 6.08 Å². The Balaban J connectivity index is 0.000000680. The minimum Gasteiger partial charge on any atom is -0.408 e. The van der Waals surface area contributed by atoms with Crippen LogP contribution in [-0.4, -0.2) is 12.1 Å². The Morgan fingerprint density at radius 1 is 0.887 bits per heavy atom. The summed E-state index contributed by atoms with van der Waals surface area (Å²) in [6.07, 6.45) is 24.3. The molecule has 0 N–H and O–H groups in total. The van der Waals surface area contributed by atoms with Gasteiger partial charge in [-0.05, 0) is 86.7 Å². The van der Waals surface area contributed by atoms with E-state index in [-0.39, 0.29) is 18.0 Å². The Bertz CT molecular complexity index is 2120.